The largest absolute Gasteiger partial charge is 0.469 e. The number of fused-ring (bicyclic) bond motifs is 3. The van der Waals surface area contributed by atoms with E-state index in [1.807, 2.05) is 6.20 Å². The Morgan fingerprint density at radius 1 is 1.00 bits per heavy atom. The highest BCUT2D eigenvalue weighted by Gasteiger charge is 2.12. The van der Waals surface area contributed by atoms with Crippen molar-refractivity contribution in [2.24, 2.45) is 0 Å². The van der Waals surface area contributed by atoms with Gasteiger partial charge in [-0.3, -0.25) is 9.78 Å². The monoisotopic (exact) mass is 399 g/mol. The Bertz CT molecular complexity index is 1220. The molecule has 2 aromatic carbocycles. The molecule has 2 N–H and O–H groups in total. The van der Waals surface area contributed by atoms with Crippen LogP contribution in [0.1, 0.15) is 28.7 Å². The van der Waals surface area contributed by atoms with Crippen LogP contribution in [-0.2, 0) is 28.8 Å². The third kappa shape index (κ3) is 4.10. The molecule has 0 unspecified atom stereocenters. The quantitative estimate of drug-likeness (QED) is 0.380. The summed E-state index contributed by atoms with van der Waals surface area (Å²) in [4.78, 5) is 20.4. The highest BCUT2D eigenvalue weighted by molar-refractivity contribution is 6.09. The minimum Gasteiger partial charge on any atom is -0.469 e. The van der Waals surface area contributed by atoms with Crippen LogP contribution in [0, 0.1) is 6.92 Å². The lowest BCUT2D eigenvalue weighted by atomic mass is 9.97. The fourth-order valence-electron chi connectivity index (χ4n) is 3.83. The zero-order valence-corrected chi connectivity index (χ0v) is 17.3. The highest BCUT2D eigenvalue weighted by atomic mass is 16.5. The molecule has 0 aliphatic carbocycles. The summed E-state index contributed by atoms with van der Waals surface area (Å²) < 4.78 is 4.71. The first-order chi connectivity index (χ1) is 14.5. The van der Waals surface area contributed by atoms with Crippen molar-refractivity contribution in [2.45, 2.75) is 32.6 Å². The number of benzene rings is 2. The van der Waals surface area contributed by atoms with E-state index in [9.17, 15) is 4.79 Å². The number of aryl methyl sites for hydroxylation is 4. The van der Waals surface area contributed by atoms with Gasteiger partial charge in [0.25, 0.3) is 0 Å². The smallest absolute Gasteiger partial charge is 0.305 e. The summed E-state index contributed by atoms with van der Waals surface area (Å²) in [6.45, 7) is 2.06. The normalized spacial score (nSPS) is 11.1. The van der Waals surface area contributed by atoms with Gasteiger partial charge in [-0.05, 0) is 60.6 Å². The number of aromatic nitrogens is 2. The first-order valence-electron chi connectivity index (χ1n) is 10.1. The molecule has 2 heterocycles. The fraction of sp³-hybridized carbons (Fsp3) is 0.240. The standard InChI is InChI=1S/C25H25N3O2/c1-16-3-11-20-21(15-16)28-25(26)24-23(20)19(13-14-27-24)10-8-17-4-6-18(7-5-17)9-12-22(29)30-2/h3-7,11,13-15H,8-10,12H2,1-2H3,(H2,26,28). The van der Waals surface area contributed by atoms with Gasteiger partial charge >= 0.3 is 5.97 Å². The van der Waals surface area contributed by atoms with Gasteiger partial charge in [-0.15, -0.1) is 0 Å². The van der Waals surface area contributed by atoms with E-state index in [1.54, 1.807) is 0 Å². The Kier molecular flexibility index (Phi) is 5.61. The Balaban J connectivity index is 1.58. The average Bonchev–Trinajstić information content (AvgIpc) is 2.76. The average molecular weight is 399 g/mol. The SMILES string of the molecule is COC(=O)CCc1ccc(CCc2ccnc3c(N)nc4cc(C)ccc4c23)cc1. The van der Waals surface area contributed by atoms with Crippen LogP contribution in [0.15, 0.2) is 54.7 Å². The summed E-state index contributed by atoms with van der Waals surface area (Å²) in [6.07, 6.45) is 4.70. The van der Waals surface area contributed by atoms with Gasteiger partial charge < -0.3 is 10.5 Å². The number of carbonyl (C=O) groups is 1. The summed E-state index contributed by atoms with van der Waals surface area (Å²) in [5.41, 5.74) is 12.7. The van der Waals surface area contributed by atoms with Gasteiger partial charge in [0, 0.05) is 23.4 Å². The molecule has 0 radical (unpaired) electrons. The summed E-state index contributed by atoms with van der Waals surface area (Å²) >= 11 is 0. The number of hydrogen-bond acceptors (Lipinski definition) is 5. The molecule has 4 rings (SSSR count). The number of hydrogen-bond donors (Lipinski definition) is 1. The molecule has 0 aliphatic heterocycles. The molecule has 5 heteroatoms. The van der Waals surface area contributed by atoms with Gasteiger partial charge in [0.2, 0.25) is 0 Å². The Morgan fingerprint density at radius 3 is 2.47 bits per heavy atom. The van der Waals surface area contributed by atoms with Crippen LogP contribution in [0.2, 0.25) is 0 Å². The lowest BCUT2D eigenvalue weighted by Crippen LogP contribution is -2.02. The second-order valence-electron chi connectivity index (χ2n) is 7.60. The first-order valence-corrected chi connectivity index (χ1v) is 10.1. The number of rotatable bonds is 6. The molecule has 4 aromatic rings. The molecule has 0 saturated carbocycles. The highest BCUT2D eigenvalue weighted by Crippen LogP contribution is 2.30. The van der Waals surface area contributed by atoms with Crippen LogP contribution in [-0.4, -0.2) is 23.0 Å². The molecule has 2 aromatic heterocycles. The third-order valence-corrected chi connectivity index (χ3v) is 5.49. The van der Waals surface area contributed by atoms with E-state index in [4.69, 9.17) is 10.5 Å². The molecule has 30 heavy (non-hydrogen) atoms. The maximum Gasteiger partial charge on any atom is 0.305 e. The summed E-state index contributed by atoms with van der Waals surface area (Å²) in [5, 5.41) is 2.18. The van der Waals surface area contributed by atoms with Crippen molar-refractivity contribution in [1.82, 2.24) is 9.97 Å². The second kappa shape index (κ2) is 8.49. The van der Waals surface area contributed by atoms with E-state index >= 15 is 0 Å². The van der Waals surface area contributed by atoms with Crippen LogP contribution in [0.4, 0.5) is 5.82 Å². The van der Waals surface area contributed by atoms with Crippen LogP contribution in [0.5, 0.6) is 0 Å². The molecule has 0 fully saturated rings. The number of anilines is 1. The number of pyridine rings is 2. The number of nitrogens with zero attached hydrogens (tertiary/aromatic N) is 2. The second-order valence-corrected chi connectivity index (χ2v) is 7.60. The van der Waals surface area contributed by atoms with Crippen LogP contribution in [0.3, 0.4) is 0 Å². The summed E-state index contributed by atoms with van der Waals surface area (Å²) in [7, 11) is 1.42. The van der Waals surface area contributed by atoms with Crippen molar-refractivity contribution >= 4 is 33.6 Å². The first kappa shape index (κ1) is 19.8. The number of ether oxygens (including phenoxy) is 1. The molecule has 0 bridgehead atoms. The van der Waals surface area contributed by atoms with Gasteiger partial charge in [-0.2, -0.15) is 0 Å². The van der Waals surface area contributed by atoms with E-state index in [2.05, 4.69) is 65.4 Å². The zero-order valence-electron chi connectivity index (χ0n) is 17.3. The molecule has 152 valence electrons. The van der Waals surface area contributed by atoms with Crippen molar-refractivity contribution in [3.05, 3.63) is 77.0 Å². The summed E-state index contributed by atoms with van der Waals surface area (Å²) in [6, 6.07) is 16.8. The molecule has 0 atom stereocenters. The van der Waals surface area contributed by atoms with Gasteiger partial charge in [0.05, 0.1) is 12.6 Å². The molecule has 0 spiro atoms. The van der Waals surface area contributed by atoms with Crippen molar-refractivity contribution in [2.75, 3.05) is 12.8 Å². The van der Waals surface area contributed by atoms with Crippen molar-refractivity contribution in [1.29, 1.82) is 0 Å². The van der Waals surface area contributed by atoms with Crippen LogP contribution >= 0.6 is 0 Å². The van der Waals surface area contributed by atoms with Gasteiger partial charge in [0.1, 0.15) is 5.52 Å². The zero-order chi connectivity index (χ0) is 21.1. The van der Waals surface area contributed by atoms with Gasteiger partial charge in [-0.1, -0.05) is 36.4 Å². The van der Waals surface area contributed by atoms with Gasteiger partial charge in [-0.25, -0.2) is 4.98 Å². The molecule has 0 aliphatic rings. The van der Waals surface area contributed by atoms with E-state index in [0.29, 0.717) is 18.7 Å². The Morgan fingerprint density at radius 2 is 1.73 bits per heavy atom. The van der Waals surface area contributed by atoms with E-state index < -0.39 is 0 Å². The van der Waals surface area contributed by atoms with Crippen molar-refractivity contribution in [3.63, 3.8) is 0 Å². The predicted octanol–water partition coefficient (Wildman–Crippen LogP) is 4.56. The fourth-order valence-corrected chi connectivity index (χ4v) is 3.83. The maximum atomic E-state index is 11.3. The van der Waals surface area contributed by atoms with Gasteiger partial charge in [0.15, 0.2) is 5.82 Å². The number of nitrogen functional groups attached to an aromatic ring is 1. The number of carbonyl (C=O) groups excluding carboxylic acids is 1. The minimum atomic E-state index is -0.181. The van der Waals surface area contributed by atoms with Crippen LogP contribution in [0.25, 0.3) is 21.8 Å². The summed E-state index contributed by atoms with van der Waals surface area (Å²) in [5.74, 6) is 0.291. The topological polar surface area (TPSA) is 78.1 Å². The van der Waals surface area contributed by atoms with Crippen LogP contribution < -0.4 is 5.73 Å². The minimum absolute atomic E-state index is 0.181. The molecular weight excluding hydrogens is 374 g/mol. The molecule has 0 saturated heterocycles. The Labute approximate surface area is 175 Å². The lowest BCUT2D eigenvalue weighted by Gasteiger charge is -2.11. The number of nitrogens with two attached hydrogens (primary N) is 1. The lowest BCUT2D eigenvalue weighted by molar-refractivity contribution is -0.140. The third-order valence-electron chi connectivity index (χ3n) is 5.49. The predicted molar refractivity (Wildman–Crippen MR) is 120 cm³/mol. The van der Waals surface area contributed by atoms with Crippen molar-refractivity contribution < 1.29 is 9.53 Å². The number of esters is 1. The Hall–Kier alpha value is -3.47. The molecular formula is C25H25N3O2. The van der Waals surface area contributed by atoms with E-state index in [-0.39, 0.29) is 5.97 Å². The molecule has 0 amide bonds. The maximum absolute atomic E-state index is 11.3. The van der Waals surface area contributed by atoms with E-state index in [1.165, 1.54) is 18.2 Å². The van der Waals surface area contributed by atoms with E-state index in [0.717, 1.165) is 45.8 Å². The number of methoxy groups -OCH3 is 1. The molecule has 5 nitrogen and oxygen atoms in total. The van der Waals surface area contributed by atoms with Crippen molar-refractivity contribution in [3.8, 4) is 0 Å².